The number of phenolic OH excluding ortho intramolecular Hbond substituents is 1. The summed E-state index contributed by atoms with van der Waals surface area (Å²) in [5.74, 6) is 0.162. The first-order valence-electron chi connectivity index (χ1n) is 11.2. The summed E-state index contributed by atoms with van der Waals surface area (Å²) >= 11 is 0. The van der Waals surface area contributed by atoms with Crippen molar-refractivity contribution < 1.29 is 33.6 Å². The molecule has 0 aliphatic carbocycles. The van der Waals surface area contributed by atoms with Gasteiger partial charge < -0.3 is 14.3 Å². The molecule has 0 radical (unpaired) electrons. The Morgan fingerprint density at radius 2 is 1.78 bits per heavy atom. The van der Waals surface area contributed by atoms with Crippen molar-refractivity contribution in [2.45, 2.75) is 39.0 Å². The number of hydrogen-bond donors (Lipinski definition) is 3. The van der Waals surface area contributed by atoms with Crippen LogP contribution in [0.25, 0.3) is 11.1 Å². The van der Waals surface area contributed by atoms with Crippen molar-refractivity contribution >= 4 is 23.5 Å². The second-order valence-electron chi connectivity index (χ2n) is 7.93. The Labute approximate surface area is 206 Å². The lowest BCUT2D eigenvalue weighted by Crippen LogP contribution is -2.32. The molecule has 188 valence electrons. The molecule has 1 amide bonds. The van der Waals surface area contributed by atoms with Crippen LogP contribution in [0, 0.1) is 10.1 Å². The van der Waals surface area contributed by atoms with Gasteiger partial charge in [-0.15, -0.1) is 0 Å². The van der Waals surface area contributed by atoms with Crippen LogP contribution in [0.2, 0.25) is 0 Å². The molecule has 0 bridgehead atoms. The molecule has 11 heteroatoms. The van der Waals surface area contributed by atoms with Crippen molar-refractivity contribution in [3.8, 4) is 16.9 Å². The second-order valence-corrected chi connectivity index (χ2v) is 7.93. The Morgan fingerprint density at radius 1 is 1.06 bits per heavy atom. The van der Waals surface area contributed by atoms with Crippen LogP contribution in [-0.4, -0.2) is 27.9 Å². The van der Waals surface area contributed by atoms with E-state index in [0.717, 1.165) is 43.4 Å². The highest BCUT2D eigenvalue weighted by molar-refractivity contribution is 6.12. The topological polar surface area (TPSA) is 175 Å². The summed E-state index contributed by atoms with van der Waals surface area (Å²) in [6, 6.07) is 10.8. The van der Waals surface area contributed by atoms with E-state index in [9.17, 15) is 29.6 Å². The van der Waals surface area contributed by atoms with Gasteiger partial charge in [0.25, 0.3) is 5.91 Å². The van der Waals surface area contributed by atoms with Crippen LogP contribution in [0.4, 0.5) is 5.69 Å². The quantitative estimate of drug-likeness (QED) is 0.0704. The van der Waals surface area contributed by atoms with Gasteiger partial charge in [-0.05, 0) is 42.2 Å². The number of aryl methyl sites for hydroxylation is 1. The van der Waals surface area contributed by atoms with Crippen LogP contribution in [-0.2, 0) is 11.2 Å². The van der Waals surface area contributed by atoms with Crippen LogP contribution < -0.4 is 11.3 Å². The minimum atomic E-state index is -1.37. The number of phenols is 1. The van der Waals surface area contributed by atoms with Crippen molar-refractivity contribution in [3.05, 3.63) is 81.3 Å². The number of unbranched alkanes of at least 4 members (excludes halogenated alkanes) is 3. The number of rotatable bonds is 10. The van der Waals surface area contributed by atoms with Crippen molar-refractivity contribution in [2.75, 3.05) is 0 Å². The molecule has 0 atom stereocenters. The number of carbonyl (C=O) groups excluding carboxylic acids is 3. The number of benzene rings is 2. The molecular formula is C25H25N3O8. The zero-order valence-corrected chi connectivity index (χ0v) is 19.5. The largest absolute Gasteiger partial charge is 0.502 e. The lowest BCUT2D eigenvalue weighted by molar-refractivity contribution is -0.386. The molecular weight excluding hydrogens is 470 g/mol. The lowest BCUT2D eigenvalue weighted by atomic mass is 10.0. The summed E-state index contributed by atoms with van der Waals surface area (Å²) < 4.78 is 10.1. The molecule has 4 N–H and O–H groups in total. The van der Waals surface area contributed by atoms with E-state index in [0.29, 0.717) is 11.1 Å². The number of nitro groups is 1. The fourth-order valence-corrected chi connectivity index (χ4v) is 3.72. The minimum absolute atomic E-state index is 0.267. The van der Waals surface area contributed by atoms with Gasteiger partial charge in [0.1, 0.15) is 5.56 Å². The second kappa shape index (κ2) is 11.8. The average molecular weight is 495 g/mol. The number of nitrogens with zero attached hydrogens (tertiary/aromatic N) is 1. The van der Waals surface area contributed by atoms with E-state index in [-0.39, 0.29) is 5.76 Å². The van der Waals surface area contributed by atoms with E-state index in [1.54, 1.807) is 5.43 Å². The number of nitro benzene ring substituents is 1. The molecule has 0 fully saturated rings. The lowest BCUT2D eigenvalue weighted by Gasteiger charge is -2.09. The number of ether oxygens (including phenoxy) is 1. The van der Waals surface area contributed by atoms with Gasteiger partial charge in [0, 0.05) is 5.56 Å². The van der Waals surface area contributed by atoms with Gasteiger partial charge in [0.15, 0.2) is 5.75 Å². The Balaban J connectivity index is 1.82. The van der Waals surface area contributed by atoms with Gasteiger partial charge in [0.05, 0.1) is 16.7 Å². The monoisotopic (exact) mass is 495 g/mol. The Bertz CT molecular complexity index is 1280. The zero-order valence-electron chi connectivity index (χ0n) is 19.5. The number of nitrogens with one attached hydrogen (secondary N) is 1. The summed E-state index contributed by atoms with van der Waals surface area (Å²) in [5, 5.41) is 21.2. The highest BCUT2D eigenvalue weighted by atomic mass is 16.6. The predicted molar refractivity (Wildman–Crippen MR) is 128 cm³/mol. The van der Waals surface area contributed by atoms with E-state index in [2.05, 4.69) is 6.92 Å². The highest BCUT2D eigenvalue weighted by Gasteiger charge is 2.33. The molecule has 3 aromatic rings. The Kier molecular flexibility index (Phi) is 8.52. The summed E-state index contributed by atoms with van der Waals surface area (Å²) in [4.78, 5) is 47.9. The number of hydrazine groups is 1. The fraction of sp³-hybridized carbons (Fsp3) is 0.240. The summed E-state index contributed by atoms with van der Waals surface area (Å²) in [6.07, 6.45) is 6.78. The molecule has 1 heterocycles. The van der Waals surface area contributed by atoms with E-state index >= 15 is 0 Å². The fourth-order valence-electron chi connectivity index (χ4n) is 3.72. The summed E-state index contributed by atoms with van der Waals surface area (Å²) in [5.41, 5.74) is 1.30. The zero-order chi connectivity index (χ0) is 26.2. The van der Waals surface area contributed by atoms with E-state index in [4.69, 9.17) is 15.0 Å². The van der Waals surface area contributed by atoms with Crippen LogP contribution in [0.1, 0.15) is 69.4 Å². The SMILES string of the molecule is CCCCCCc1ccc(-c2ccoc2C(=O)OC(=O)c2ccc(O)c([N+](=O)[O-])c2C(=O)NN)cc1. The highest BCUT2D eigenvalue weighted by Crippen LogP contribution is 2.33. The molecule has 0 aliphatic rings. The Morgan fingerprint density at radius 3 is 2.42 bits per heavy atom. The van der Waals surface area contributed by atoms with Gasteiger partial charge in [-0.1, -0.05) is 50.5 Å². The van der Waals surface area contributed by atoms with Crippen molar-refractivity contribution in [2.24, 2.45) is 5.84 Å². The van der Waals surface area contributed by atoms with Crippen LogP contribution in [0.3, 0.4) is 0 Å². The minimum Gasteiger partial charge on any atom is -0.502 e. The van der Waals surface area contributed by atoms with Gasteiger partial charge >= 0.3 is 17.6 Å². The number of carbonyl (C=O) groups is 3. The molecule has 0 saturated heterocycles. The average Bonchev–Trinajstić information content (AvgIpc) is 3.36. The molecule has 2 aromatic carbocycles. The maximum absolute atomic E-state index is 12.7. The summed E-state index contributed by atoms with van der Waals surface area (Å²) in [6.45, 7) is 2.15. The van der Waals surface area contributed by atoms with Crippen LogP contribution in [0.15, 0.2) is 53.1 Å². The number of furan rings is 1. The van der Waals surface area contributed by atoms with Crippen molar-refractivity contribution in [1.29, 1.82) is 0 Å². The number of nitrogens with two attached hydrogens (primary N) is 1. The third-order valence-corrected chi connectivity index (χ3v) is 5.54. The van der Waals surface area contributed by atoms with Crippen LogP contribution >= 0.6 is 0 Å². The van der Waals surface area contributed by atoms with Crippen molar-refractivity contribution in [1.82, 2.24) is 5.43 Å². The molecule has 1 aromatic heterocycles. The number of esters is 2. The normalized spacial score (nSPS) is 10.6. The molecule has 36 heavy (non-hydrogen) atoms. The standard InChI is InChI=1S/C25H25N3O8/c1-2-3-4-5-6-15-7-9-16(10-8-15)17-13-14-35-22(17)25(32)36-24(31)18-11-12-19(29)21(28(33)34)20(18)23(30)27-26/h7-14,29H,2-6,26H2,1H3,(H,27,30). The number of hydrogen-bond acceptors (Lipinski definition) is 9. The predicted octanol–water partition coefficient (Wildman–Crippen LogP) is 4.28. The van der Waals surface area contributed by atoms with Gasteiger partial charge in [0.2, 0.25) is 5.76 Å². The van der Waals surface area contributed by atoms with Crippen LogP contribution in [0.5, 0.6) is 5.75 Å². The molecule has 0 saturated carbocycles. The van der Waals surface area contributed by atoms with E-state index < -0.39 is 45.3 Å². The van der Waals surface area contributed by atoms with Crippen molar-refractivity contribution in [3.63, 3.8) is 0 Å². The molecule has 0 unspecified atom stereocenters. The van der Waals surface area contributed by atoms with E-state index in [1.165, 1.54) is 18.8 Å². The molecule has 0 spiro atoms. The maximum atomic E-state index is 12.7. The smallest absolute Gasteiger partial charge is 0.382 e. The Hall–Kier alpha value is -4.51. The van der Waals surface area contributed by atoms with Gasteiger partial charge in [-0.3, -0.25) is 20.3 Å². The maximum Gasteiger partial charge on any atom is 0.382 e. The number of nitrogen functional groups attached to an aromatic ring is 1. The number of amides is 1. The molecule has 3 rings (SSSR count). The number of aromatic hydroxyl groups is 1. The molecule has 0 aliphatic heterocycles. The molecule has 11 nitrogen and oxygen atoms in total. The summed E-state index contributed by atoms with van der Waals surface area (Å²) in [7, 11) is 0. The van der Waals surface area contributed by atoms with Gasteiger partial charge in [-0.25, -0.2) is 15.4 Å². The first-order chi connectivity index (χ1) is 17.3. The van der Waals surface area contributed by atoms with Gasteiger partial charge in [-0.2, -0.15) is 0 Å². The van der Waals surface area contributed by atoms with E-state index in [1.807, 2.05) is 24.3 Å². The third kappa shape index (κ3) is 5.76. The first-order valence-corrected chi connectivity index (χ1v) is 11.2. The first kappa shape index (κ1) is 26.1. The third-order valence-electron chi connectivity index (χ3n) is 5.54.